The highest BCUT2D eigenvalue weighted by Gasteiger charge is 2.41. The molecule has 1 aromatic heterocycles. The van der Waals surface area contributed by atoms with Crippen molar-refractivity contribution in [1.29, 1.82) is 0 Å². The molecule has 9 heteroatoms. The SMILES string of the molecule is C=C(c1ccc(Cl)cc1Cl)C(C)N(C(=O)c1c(C(F)F)nn(C)c1F)C1CC1. The van der Waals surface area contributed by atoms with Gasteiger partial charge in [0, 0.05) is 23.1 Å². The molecule has 1 heterocycles. The Morgan fingerprint density at radius 1 is 1.36 bits per heavy atom. The first-order valence-electron chi connectivity index (χ1n) is 8.60. The second-order valence-corrected chi connectivity index (χ2v) is 7.59. The van der Waals surface area contributed by atoms with Crippen LogP contribution >= 0.6 is 23.2 Å². The van der Waals surface area contributed by atoms with Gasteiger partial charge >= 0.3 is 0 Å². The number of rotatable bonds is 6. The smallest absolute Gasteiger partial charge is 0.283 e. The van der Waals surface area contributed by atoms with Crippen molar-refractivity contribution in [2.45, 2.75) is 38.3 Å². The van der Waals surface area contributed by atoms with Crippen molar-refractivity contribution in [3.05, 3.63) is 57.6 Å². The number of aromatic nitrogens is 2. The van der Waals surface area contributed by atoms with E-state index in [2.05, 4.69) is 11.7 Å². The average molecular weight is 432 g/mol. The van der Waals surface area contributed by atoms with Crippen LogP contribution < -0.4 is 0 Å². The zero-order valence-electron chi connectivity index (χ0n) is 15.2. The van der Waals surface area contributed by atoms with E-state index < -0.39 is 35.6 Å². The lowest BCUT2D eigenvalue weighted by molar-refractivity contribution is 0.0698. The van der Waals surface area contributed by atoms with Gasteiger partial charge in [0.25, 0.3) is 12.3 Å². The van der Waals surface area contributed by atoms with Crippen molar-refractivity contribution < 1.29 is 18.0 Å². The van der Waals surface area contributed by atoms with Crippen LogP contribution in [0.4, 0.5) is 13.2 Å². The first-order chi connectivity index (χ1) is 13.1. The molecule has 0 N–H and O–H groups in total. The number of amides is 1. The third kappa shape index (κ3) is 3.78. The molecule has 1 aromatic carbocycles. The molecule has 0 saturated heterocycles. The molecule has 1 atom stereocenters. The van der Waals surface area contributed by atoms with Gasteiger partial charge in [0.15, 0.2) is 0 Å². The van der Waals surface area contributed by atoms with Crippen LogP contribution in [0.3, 0.4) is 0 Å². The van der Waals surface area contributed by atoms with Gasteiger partial charge in [-0.1, -0.05) is 35.8 Å². The standard InChI is InChI=1S/C19H18Cl2F3N3O/c1-9(13-7-4-11(20)8-14(13)21)10(2)27(12-5-6-12)19(28)15-16(17(22)23)25-26(3)18(15)24/h4,7-8,10,12,17H,1,5-6H2,2-3H3. The van der Waals surface area contributed by atoms with Gasteiger partial charge in [0.2, 0.25) is 5.95 Å². The summed E-state index contributed by atoms with van der Waals surface area (Å²) in [4.78, 5) is 14.5. The minimum atomic E-state index is -3.07. The van der Waals surface area contributed by atoms with Crippen molar-refractivity contribution in [3.63, 3.8) is 0 Å². The van der Waals surface area contributed by atoms with E-state index in [0.29, 0.717) is 38.7 Å². The fraction of sp³-hybridized carbons (Fsp3) is 0.368. The van der Waals surface area contributed by atoms with Gasteiger partial charge in [0.1, 0.15) is 11.3 Å². The zero-order chi connectivity index (χ0) is 20.7. The van der Waals surface area contributed by atoms with Gasteiger partial charge in [-0.05, 0) is 43.0 Å². The fourth-order valence-electron chi connectivity index (χ4n) is 3.16. The molecule has 1 unspecified atom stereocenters. The lowest BCUT2D eigenvalue weighted by atomic mass is 9.99. The monoisotopic (exact) mass is 431 g/mol. The molecule has 1 aliphatic carbocycles. The van der Waals surface area contributed by atoms with Crippen molar-refractivity contribution in [3.8, 4) is 0 Å². The lowest BCUT2D eigenvalue weighted by Crippen LogP contribution is -2.41. The van der Waals surface area contributed by atoms with Crippen LogP contribution in [0.25, 0.3) is 5.57 Å². The first-order valence-corrected chi connectivity index (χ1v) is 9.36. The third-order valence-electron chi connectivity index (χ3n) is 4.80. The van der Waals surface area contributed by atoms with Gasteiger partial charge in [-0.3, -0.25) is 4.79 Å². The first kappa shape index (κ1) is 20.7. The molecule has 0 radical (unpaired) electrons. The molecule has 0 spiro atoms. The summed E-state index contributed by atoms with van der Waals surface area (Å²) in [6, 6.07) is 4.09. The Morgan fingerprint density at radius 2 is 2.00 bits per heavy atom. The summed E-state index contributed by atoms with van der Waals surface area (Å²) >= 11 is 12.2. The van der Waals surface area contributed by atoms with E-state index in [0.717, 1.165) is 0 Å². The van der Waals surface area contributed by atoms with Crippen LogP contribution in [0.5, 0.6) is 0 Å². The highest BCUT2D eigenvalue weighted by Crippen LogP contribution is 2.37. The second-order valence-electron chi connectivity index (χ2n) is 6.74. The maximum atomic E-state index is 14.4. The second kappa shape index (κ2) is 7.79. The summed E-state index contributed by atoms with van der Waals surface area (Å²) < 4.78 is 41.7. The number of aryl methyl sites for hydroxylation is 1. The summed E-state index contributed by atoms with van der Waals surface area (Å²) in [5.74, 6) is -1.92. The fourth-order valence-corrected chi connectivity index (χ4v) is 3.69. The number of nitrogens with zero attached hydrogens (tertiary/aromatic N) is 3. The summed E-state index contributed by atoms with van der Waals surface area (Å²) in [6.07, 6.45) is -1.67. The molecule has 3 rings (SSSR count). The number of hydrogen-bond donors (Lipinski definition) is 0. The average Bonchev–Trinajstić information content (AvgIpc) is 3.40. The lowest BCUT2D eigenvalue weighted by Gasteiger charge is -2.31. The molecule has 2 aromatic rings. The molecule has 0 aliphatic heterocycles. The Balaban J connectivity index is 1.98. The Morgan fingerprint density at radius 3 is 2.54 bits per heavy atom. The number of carbonyl (C=O) groups excluding carboxylic acids is 1. The molecule has 1 aliphatic rings. The highest BCUT2D eigenvalue weighted by molar-refractivity contribution is 6.35. The van der Waals surface area contributed by atoms with Crippen LogP contribution in [-0.2, 0) is 7.05 Å². The number of alkyl halides is 2. The summed E-state index contributed by atoms with van der Waals surface area (Å²) in [5, 5.41) is 4.27. The summed E-state index contributed by atoms with van der Waals surface area (Å²) in [6.45, 7) is 5.73. The number of halogens is 5. The molecular formula is C19H18Cl2F3N3O. The molecule has 4 nitrogen and oxygen atoms in total. The van der Waals surface area contributed by atoms with E-state index in [9.17, 15) is 18.0 Å². The van der Waals surface area contributed by atoms with E-state index in [-0.39, 0.29) is 6.04 Å². The van der Waals surface area contributed by atoms with Crippen molar-refractivity contribution >= 4 is 34.7 Å². The zero-order valence-corrected chi connectivity index (χ0v) is 16.7. The van der Waals surface area contributed by atoms with Crippen LogP contribution in [0.2, 0.25) is 10.0 Å². The minimum Gasteiger partial charge on any atom is -0.329 e. The number of carbonyl (C=O) groups is 1. The molecule has 28 heavy (non-hydrogen) atoms. The quantitative estimate of drug-likeness (QED) is 0.604. The van der Waals surface area contributed by atoms with Crippen LogP contribution in [-0.4, -0.2) is 32.7 Å². The maximum Gasteiger partial charge on any atom is 0.283 e. The van der Waals surface area contributed by atoms with Crippen LogP contribution in [0.1, 0.15) is 47.8 Å². The molecule has 150 valence electrons. The Kier molecular flexibility index (Phi) is 5.77. The van der Waals surface area contributed by atoms with E-state index in [1.807, 2.05) is 0 Å². The van der Waals surface area contributed by atoms with Crippen molar-refractivity contribution in [1.82, 2.24) is 14.7 Å². The topological polar surface area (TPSA) is 38.1 Å². The molecule has 1 fully saturated rings. The predicted molar refractivity (Wildman–Crippen MR) is 102 cm³/mol. The highest BCUT2D eigenvalue weighted by atomic mass is 35.5. The van der Waals surface area contributed by atoms with Gasteiger partial charge in [0.05, 0.1) is 6.04 Å². The van der Waals surface area contributed by atoms with Gasteiger partial charge in [-0.15, -0.1) is 0 Å². The van der Waals surface area contributed by atoms with Crippen molar-refractivity contribution in [2.75, 3.05) is 0 Å². The van der Waals surface area contributed by atoms with Gasteiger partial charge in [-0.25, -0.2) is 13.5 Å². The van der Waals surface area contributed by atoms with Crippen LogP contribution in [0, 0.1) is 5.95 Å². The molecule has 1 amide bonds. The third-order valence-corrected chi connectivity index (χ3v) is 5.35. The van der Waals surface area contributed by atoms with Crippen molar-refractivity contribution in [2.24, 2.45) is 7.05 Å². The summed E-state index contributed by atoms with van der Waals surface area (Å²) in [7, 11) is 1.18. The van der Waals surface area contributed by atoms with E-state index in [1.165, 1.54) is 11.9 Å². The van der Waals surface area contributed by atoms with E-state index in [4.69, 9.17) is 23.2 Å². The van der Waals surface area contributed by atoms with E-state index in [1.54, 1.807) is 25.1 Å². The Labute approximate surface area is 170 Å². The predicted octanol–water partition coefficient (Wildman–Crippen LogP) is 5.51. The maximum absolute atomic E-state index is 14.4. The number of benzene rings is 1. The van der Waals surface area contributed by atoms with Crippen LogP contribution in [0.15, 0.2) is 24.8 Å². The molecular weight excluding hydrogens is 414 g/mol. The van der Waals surface area contributed by atoms with Gasteiger partial charge < -0.3 is 4.90 Å². The Hall–Kier alpha value is -1.99. The minimum absolute atomic E-state index is 0.185. The van der Waals surface area contributed by atoms with E-state index >= 15 is 0 Å². The van der Waals surface area contributed by atoms with Gasteiger partial charge in [-0.2, -0.15) is 9.49 Å². The summed E-state index contributed by atoms with van der Waals surface area (Å²) in [5.41, 5.74) is -0.480. The molecule has 1 saturated carbocycles. The Bertz CT molecular complexity index is 941. The normalized spacial score (nSPS) is 15.0. The number of hydrogen-bond acceptors (Lipinski definition) is 2. The molecule has 0 bridgehead atoms. The largest absolute Gasteiger partial charge is 0.329 e.